The molecule has 0 N–H and O–H groups in total. The van der Waals surface area contributed by atoms with Gasteiger partial charge in [0.05, 0.1) is 25.4 Å². The third-order valence-electron chi connectivity index (χ3n) is 2.54. The smallest absolute Gasteiger partial charge is 0.373 e. The summed E-state index contributed by atoms with van der Waals surface area (Å²) in [6.07, 6.45) is -14.0. The Bertz CT molecular complexity index is 322. The van der Waals surface area contributed by atoms with E-state index in [0.717, 1.165) is 0 Å². The van der Waals surface area contributed by atoms with Gasteiger partial charge in [-0.05, 0) is 19.3 Å². The number of hydrogen-bond donors (Lipinski definition) is 0. The lowest BCUT2D eigenvalue weighted by atomic mass is 10.2. The average Bonchev–Trinajstić information content (AvgIpc) is 3.18. The number of alkyl halides is 10. The molecule has 2 fully saturated rings. The first-order valence-electron chi connectivity index (χ1n) is 6.78. The summed E-state index contributed by atoms with van der Waals surface area (Å²) in [5, 5.41) is 0. The molecule has 146 valence electrons. The molecule has 2 atom stereocenters. The van der Waals surface area contributed by atoms with Gasteiger partial charge < -0.3 is 9.47 Å². The summed E-state index contributed by atoms with van der Waals surface area (Å²) >= 11 is 0. The predicted molar refractivity (Wildman–Crippen MR) is 61.8 cm³/mol. The highest BCUT2D eigenvalue weighted by atomic mass is 19.5. The van der Waals surface area contributed by atoms with Crippen LogP contribution in [0.3, 0.4) is 0 Å². The molecule has 0 spiro atoms. The van der Waals surface area contributed by atoms with Crippen LogP contribution in [-0.2, 0) is 9.47 Å². The molecule has 0 aliphatic carbocycles. The fourth-order valence-corrected chi connectivity index (χ4v) is 1.32. The Hall–Kier alpha value is -0.780. The molecule has 0 saturated carbocycles. The standard InChI is InChI=1S/C6H9F3O.C5H7F3O.CF4/c7-6(8,9)3-1-2-5-4-10-5;6-5(7,8)2-1-4-3-9-4;2-1(3,4)5/h5H,1-4H2;4H,1-3H2;. The van der Waals surface area contributed by atoms with Gasteiger partial charge in [0.1, 0.15) is 0 Å². The Labute approximate surface area is 131 Å². The highest BCUT2D eigenvalue weighted by Gasteiger charge is 2.32. The molecule has 2 unspecified atom stereocenters. The van der Waals surface area contributed by atoms with Crippen molar-refractivity contribution in [1.82, 2.24) is 0 Å². The van der Waals surface area contributed by atoms with Crippen LogP contribution in [0, 0.1) is 0 Å². The van der Waals surface area contributed by atoms with Crippen LogP contribution in [-0.4, -0.2) is 44.2 Å². The van der Waals surface area contributed by atoms with Crippen molar-refractivity contribution >= 4 is 0 Å². The van der Waals surface area contributed by atoms with E-state index in [2.05, 4.69) is 4.74 Å². The number of epoxide rings is 2. The van der Waals surface area contributed by atoms with Crippen molar-refractivity contribution in [1.29, 1.82) is 0 Å². The maximum Gasteiger partial charge on any atom is 0.559 e. The quantitative estimate of drug-likeness (QED) is 0.475. The van der Waals surface area contributed by atoms with Gasteiger partial charge in [-0.3, -0.25) is 0 Å². The van der Waals surface area contributed by atoms with E-state index in [1.807, 2.05) is 0 Å². The van der Waals surface area contributed by atoms with Gasteiger partial charge in [-0.15, -0.1) is 17.6 Å². The van der Waals surface area contributed by atoms with Gasteiger partial charge in [-0.1, -0.05) is 0 Å². The molecule has 0 bridgehead atoms. The van der Waals surface area contributed by atoms with Crippen LogP contribution in [0.4, 0.5) is 43.9 Å². The van der Waals surface area contributed by atoms with Crippen molar-refractivity contribution in [2.24, 2.45) is 0 Å². The van der Waals surface area contributed by atoms with Crippen molar-refractivity contribution in [3.05, 3.63) is 0 Å². The van der Waals surface area contributed by atoms with Gasteiger partial charge in [-0.25, -0.2) is 0 Å². The lowest BCUT2D eigenvalue weighted by Crippen LogP contribution is -2.07. The van der Waals surface area contributed by atoms with Crippen molar-refractivity contribution < 1.29 is 53.4 Å². The third kappa shape index (κ3) is 26.1. The summed E-state index contributed by atoms with van der Waals surface area (Å²) < 4.78 is 117. The molecule has 0 aromatic heterocycles. The summed E-state index contributed by atoms with van der Waals surface area (Å²) in [5.41, 5.74) is 0. The molecule has 2 saturated heterocycles. The largest absolute Gasteiger partial charge is 0.559 e. The highest BCUT2D eigenvalue weighted by molar-refractivity contribution is 4.70. The monoisotopic (exact) mass is 382 g/mol. The minimum Gasteiger partial charge on any atom is -0.373 e. The second-order valence-corrected chi connectivity index (χ2v) is 5.00. The van der Waals surface area contributed by atoms with E-state index in [1.54, 1.807) is 0 Å². The van der Waals surface area contributed by atoms with Crippen molar-refractivity contribution in [2.45, 2.75) is 63.1 Å². The third-order valence-corrected chi connectivity index (χ3v) is 2.54. The van der Waals surface area contributed by atoms with E-state index in [-0.39, 0.29) is 25.0 Å². The zero-order chi connectivity index (χ0) is 19.0. The molecule has 2 aliphatic heterocycles. The lowest BCUT2D eigenvalue weighted by Gasteiger charge is -2.03. The van der Waals surface area contributed by atoms with Crippen LogP contribution in [0.5, 0.6) is 0 Å². The molecule has 2 aliphatic rings. The molecule has 0 amide bonds. The molecular weight excluding hydrogens is 366 g/mol. The summed E-state index contributed by atoms with van der Waals surface area (Å²) in [6, 6.07) is 0. The van der Waals surface area contributed by atoms with Crippen LogP contribution in [0.2, 0.25) is 0 Å². The predicted octanol–water partition coefficient (Wildman–Crippen LogP) is 5.32. The minimum atomic E-state index is -5.50. The first-order chi connectivity index (χ1) is 10.7. The zero-order valence-corrected chi connectivity index (χ0v) is 12.2. The first-order valence-corrected chi connectivity index (χ1v) is 6.78. The fourth-order valence-electron chi connectivity index (χ4n) is 1.32. The molecule has 2 heterocycles. The Morgan fingerprint density at radius 1 is 0.625 bits per heavy atom. The molecule has 24 heavy (non-hydrogen) atoms. The zero-order valence-electron chi connectivity index (χ0n) is 12.2. The summed E-state index contributed by atoms with van der Waals surface area (Å²) in [7, 11) is 0. The van der Waals surface area contributed by atoms with Gasteiger partial charge in [0.15, 0.2) is 0 Å². The Kier molecular flexibility index (Phi) is 9.32. The van der Waals surface area contributed by atoms with E-state index in [4.69, 9.17) is 4.74 Å². The Morgan fingerprint density at radius 2 is 0.958 bits per heavy atom. The highest BCUT2D eigenvalue weighted by Crippen LogP contribution is 2.26. The van der Waals surface area contributed by atoms with Crippen LogP contribution >= 0.6 is 0 Å². The maximum absolute atomic E-state index is 11.5. The Morgan fingerprint density at radius 3 is 1.25 bits per heavy atom. The molecular formula is C12H16F10O2. The van der Waals surface area contributed by atoms with Crippen LogP contribution in [0.1, 0.15) is 32.1 Å². The van der Waals surface area contributed by atoms with E-state index in [0.29, 0.717) is 19.6 Å². The lowest BCUT2D eigenvalue weighted by molar-refractivity contribution is -0.237. The van der Waals surface area contributed by atoms with E-state index in [9.17, 15) is 43.9 Å². The van der Waals surface area contributed by atoms with Gasteiger partial charge >= 0.3 is 18.8 Å². The first kappa shape index (κ1) is 23.2. The Balaban J connectivity index is 0.000000351. The molecule has 0 aromatic carbocycles. The summed E-state index contributed by atoms with van der Waals surface area (Å²) in [6.45, 7) is 1.16. The molecule has 0 aromatic rings. The van der Waals surface area contributed by atoms with Crippen LogP contribution < -0.4 is 0 Å². The summed E-state index contributed by atoms with van der Waals surface area (Å²) in [4.78, 5) is 0. The topological polar surface area (TPSA) is 25.1 Å². The number of hydrogen-bond acceptors (Lipinski definition) is 2. The van der Waals surface area contributed by atoms with Crippen LogP contribution in [0.15, 0.2) is 0 Å². The van der Waals surface area contributed by atoms with Gasteiger partial charge in [0.25, 0.3) is 0 Å². The number of rotatable bonds is 5. The average molecular weight is 382 g/mol. The van der Waals surface area contributed by atoms with Crippen molar-refractivity contribution in [2.75, 3.05) is 13.2 Å². The maximum atomic E-state index is 11.5. The molecule has 0 radical (unpaired) electrons. The second-order valence-electron chi connectivity index (χ2n) is 5.00. The number of ether oxygens (including phenoxy) is 2. The van der Waals surface area contributed by atoms with Gasteiger partial charge in [0.2, 0.25) is 0 Å². The second kappa shape index (κ2) is 9.64. The minimum absolute atomic E-state index is 0.105. The van der Waals surface area contributed by atoms with E-state index < -0.39 is 31.6 Å². The normalized spacial score (nSPS) is 22.8. The fraction of sp³-hybridized carbons (Fsp3) is 1.00. The summed E-state index contributed by atoms with van der Waals surface area (Å²) in [5.74, 6) is 0. The molecule has 2 rings (SSSR count). The van der Waals surface area contributed by atoms with E-state index in [1.165, 1.54) is 0 Å². The van der Waals surface area contributed by atoms with Crippen LogP contribution in [0.25, 0.3) is 0 Å². The molecule has 2 nitrogen and oxygen atoms in total. The van der Waals surface area contributed by atoms with Crippen molar-refractivity contribution in [3.63, 3.8) is 0 Å². The van der Waals surface area contributed by atoms with Gasteiger partial charge in [-0.2, -0.15) is 26.3 Å². The van der Waals surface area contributed by atoms with Gasteiger partial charge in [0, 0.05) is 12.8 Å². The van der Waals surface area contributed by atoms with Crippen molar-refractivity contribution in [3.8, 4) is 0 Å². The van der Waals surface area contributed by atoms with E-state index >= 15 is 0 Å². The SMILES string of the molecule is FC(F)(F)CCC1CO1.FC(F)(F)CCCC1CO1.FC(F)(F)F. The number of halogens is 10. The molecule has 12 heteroatoms.